The summed E-state index contributed by atoms with van der Waals surface area (Å²) in [6, 6.07) is 13.4. The zero-order chi connectivity index (χ0) is 26.3. The van der Waals surface area contributed by atoms with Crippen LogP contribution in [0.2, 0.25) is 0 Å². The number of hydrogen-bond acceptors (Lipinski definition) is 4. The Hall–Kier alpha value is -3.80. The predicted molar refractivity (Wildman–Crippen MR) is 119 cm³/mol. The minimum absolute atomic E-state index is 0.133. The number of alkyl halides is 6. The molecule has 0 saturated heterocycles. The average Bonchev–Trinajstić information content (AvgIpc) is 2.78. The molecule has 0 fully saturated rings. The van der Waals surface area contributed by atoms with E-state index in [9.17, 15) is 39.6 Å². The molecule has 4 rings (SSSR count). The van der Waals surface area contributed by atoms with Gasteiger partial charge < -0.3 is 4.42 Å². The lowest BCUT2D eigenvalue weighted by Gasteiger charge is -2.12. The van der Waals surface area contributed by atoms with Crippen LogP contribution >= 0.6 is 0 Å². The van der Waals surface area contributed by atoms with Crippen molar-refractivity contribution >= 4 is 26.7 Å². The summed E-state index contributed by atoms with van der Waals surface area (Å²) >= 11 is 0. The van der Waals surface area contributed by atoms with Gasteiger partial charge in [-0.2, -0.15) is 26.3 Å². The monoisotopic (exact) mass is 527 g/mol. The molecule has 0 aliphatic rings. The number of hydrogen-bond donors (Lipinski definition) is 1. The SMILES string of the molecule is O=c1cc(C(F)(F)F)c2cc(Cc3ccc(S(=O)(=O)Nc4cccc(C(F)(F)F)c4)cc3)ccc2o1. The molecule has 1 N–H and O–H groups in total. The highest BCUT2D eigenvalue weighted by Crippen LogP contribution is 2.34. The first-order valence-corrected chi connectivity index (χ1v) is 11.6. The van der Waals surface area contributed by atoms with Crippen molar-refractivity contribution < 1.29 is 39.2 Å². The molecular weight excluding hydrogens is 512 g/mol. The molecule has 4 aromatic rings. The Kier molecular flexibility index (Phi) is 6.33. The highest BCUT2D eigenvalue weighted by Gasteiger charge is 2.34. The second kappa shape index (κ2) is 9.01. The minimum atomic E-state index is -4.77. The van der Waals surface area contributed by atoms with Crippen molar-refractivity contribution in [3.8, 4) is 0 Å². The van der Waals surface area contributed by atoms with Crippen LogP contribution in [0, 0.1) is 0 Å². The third-order valence-electron chi connectivity index (χ3n) is 5.20. The van der Waals surface area contributed by atoms with Gasteiger partial charge in [0.1, 0.15) is 5.58 Å². The van der Waals surface area contributed by atoms with Gasteiger partial charge >= 0.3 is 18.0 Å². The number of fused-ring (bicyclic) bond motifs is 1. The summed E-state index contributed by atoms with van der Waals surface area (Å²) in [6.07, 6.45) is -9.28. The molecule has 0 aliphatic carbocycles. The summed E-state index contributed by atoms with van der Waals surface area (Å²) in [5, 5.41) is -0.288. The summed E-state index contributed by atoms with van der Waals surface area (Å²) in [5.74, 6) is 0. The van der Waals surface area contributed by atoms with E-state index in [1.165, 1.54) is 48.5 Å². The van der Waals surface area contributed by atoms with Crippen LogP contribution in [0.5, 0.6) is 0 Å². The summed E-state index contributed by atoms with van der Waals surface area (Å²) in [7, 11) is -4.20. The summed E-state index contributed by atoms with van der Waals surface area (Å²) in [5.41, 5.74) is -2.76. The van der Waals surface area contributed by atoms with E-state index in [-0.39, 0.29) is 28.0 Å². The number of sulfonamides is 1. The van der Waals surface area contributed by atoms with Crippen molar-refractivity contribution in [3.05, 3.63) is 105 Å². The van der Waals surface area contributed by atoms with Gasteiger partial charge in [0.05, 0.1) is 16.0 Å². The fraction of sp³-hybridized carbons (Fsp3) is 0.125. The maximum absolute atomic E-state index is 13.4. The standard InChI is InChI=1S/C24H15F6NO4S/c25-23(26,27)16-2-1-3-17(12-16)31-36(33,34)18-7-4-14(5-8-18)10-15-6-9-21-19(11-15)20(24(28,29)30)13-22(32)35-21/h1-9,11-13,31H,10H2. The van der Waals surface area contributed by atoms with Crippen LogP contribution in [0.4, 0.5) is 32.0 Å². The maximum Gasteiger partial charge on any atom is 0.417 e. The molecule has 36 heavy (non-hydrogen) atoms. The molecule has 0 atom stereocenters. The van der Waals surface area contributed by atoms with Crippen LogP contribution in [-0.2, 0) is 28.8 Å². The third kappa shape index (κ3) is 5.54. The molecule has 3 aromatic carbocycles. The summed E-state index contributed by atoms with van der Waals surface area (Å²) in [4.78, 5) is 11.2. The van der Waals surface area contributed by atoms with Crippen molar-refractivity contribution in [2.75, 3.05) is 4.72 Å². The summed E-state index contributed by atoms with van der Waals surface area (Å²) in [6.45, 7) is 0. The van der Waals surface area contributed by atoms with E-state index >= 15 is 0 Å². The second-order valence-electron chi connectivity index (χ2n) is 7.81. The smallest absolute Gasteiger partial charge is 0.417 e. The van der Waals surface area contributed by atoms with Crippen molar-refractivity contribution in [2.24, 2.45) is 0 Å². The fourth-order valence-corrected chi connectivity index (χ4v) is 4.60. The lowest BCUT2D eigenvalue weighted by atomic mass is 10.0. The van der Waals surface area contributed by atoms with Gasteiger partial charge in [0.2, 0.25) is 0 Å². The van der Waals surface area contributed by atoms with E-state index in [2.05, 4.69) is 4.72 Å². The van der Waals surface area contributed by atoms with Crippen molar-refractivity contribution in [3.63, 3.8) is 0 Å². The van der Waals surface area contributed by atoms with Crippen LogP contribution in [0.25, 0.3) is 11.0 Å². The first kappa shape index (κ1) is 25.3. The molecule has 0 unspecified atom stereocenters. The van der Waals surface area contributed by atoms with E-state index in [1.54, 1.807) is 0 Å². The van der Waals surface area contributed by atoms with E-state index in [0.29, 0.717) is 23.3 Å². The van der Waals surface area contributed by atoms with E-state index in [4.69, 9.17) is 4.42 Å². The van der Waals surface area contributed by atoms with E-state index < -0.39 is 39.1 Å². The normalized spacial score (nSPS) is 12.6. The molecule has 5 nitrogen and oxygen atoms in total. The van der Waals surface area contributed by atoms with Crippen LogP contribution in [0.3, 0.4) is 0 Å². The van der Waals surface area contributed by atoms with Crippen LogP contribution < -0.4 is 10.3 Å². The maximum atomic E-state index is 13.4. The molecule has 12 heteroatoms. The fourth-order valence-electron chi connectivity index (χ4n) is 3.55. The molecule has 0 saturated carbocycles. The van der Waals surface area contributed by atoms with Gasteiger partial charge in [0.25, 0.3) is 10.0 Å². The van der Waals surface area contributed by atoms with Gasteiger partial charge in [0, 0.05) is 17.1 Å². The Bertz CT molecular complexity index is 1590. The van der Waals surface area contributed by atoms with Crippen LogP contribution in [-0.4, -0.2) is 8.42 Å². The molecule has 0 bridgehead atoms. The van der Waals surface area contributed by atoms with Crippen molar-refractivity contribution in [2.45, 2.75) is 23.7 Å². The lowest BCUT2D eigenvalue weighted by molar-refractivity contribution is -0.138. The number of anilines is 1. The quantitative estimate of drug-likeness (QED) is 0.247. The zero-order valence-electron chi connectivity index (χ0n) is 17.9. The Morgan fingerprint density at radius 3 is 2.08 bits per heavy atom. The largest absolute Gasteiger partial charge is 0.423 e. The summed E-state index contributed by atoms with van der Waals surface area (Å²) < 4.78 is 111. The average molecular weight is 527 g/mol. The van der Waals surface area contributed by atoms with Crippen molar-refractivity contribution in [1.29, 1.82) is 0 Å². The molecule has 0 radical (unpaired) electrons. The van der Waals surface area contributed by atoms with Gasteiger partial charge in [-0.1, -0.05) is 24.3 Å². The molecule has 1 aromatic heterocycles. The number of halogens is 6. The molecule has 188 valence electrons. The van der Waals surface area contributed by atoms with Gasteiger partial charge in [-0.3, -0.25) is 4.72 Å². The zero-order valence-corrected chi connectivity index (χ0v) is 18.8. The first-order valence-electron chi connectivity index (χ1n) is 10.2. The number of benzene rings is 3. The Labute approximate surface area is 200 Å². The molecule has 0 amide bonds. The van der Waals surface area contributed by atoms with Gasteiger partial charge in [-0.05, 0) is 60.0 Å². The minimum Gasteiger partial charge on any atom is -0.423 e. The molecule has 0 aliphatic heterocycles. The molecular formula is C24H15F6NO4S. The predicted octanol–water partition coefficient (Wildman–Crippen LogP) is 6.22. The van der Waals surface area contributed by atoms with Crippen LogP contribution in [0.15, 0.2) is 86.9 Å². The second-order valence-corrected chi connectivity index (χ2v) is 9.49. The van der Waals surface area contributed by atoms with Crippen molar-refractivity contribution in [1.82, 2.24) is 0 Å². The van der Waals surface area contributed by atoms with Gasteiger partial charge in [-0.25, -0.2) is 13.2 Å². The molecule has 0 spiro atoms. The van der Waals surface area contributed by atoms with E-state index in [1.807, 2.05) is 0 Å². The van der Waals surface area contributed by atoms with Gasteiger partial charge in [0.15, 0.2) is 0 Å². The Balaban J connectivity index is 1.57. The van der Waals surface area contributed by atoms with Gasteiger partial charge in [-0.15, -0.1) is 0 Å². The topological polar surface area (TPSA) is 76.4 Å². The highest BCUT2D eigenvalue weighted by atomic mass is 32.2. The van der Waals surface area contributed by atoms with E-state index in [0.717, 1.165) is 12.1 Å². The lowest BCUT2D eigenvalue weighted by Crippen LogP contribution is -2.14. The number of nitrogens with one attached hydrogen (secondary N) is 1. The molecule has 1 heterocycles. The Morgan fingerprint density at radius 2 is 1.44 bits per heavy atom. The Morgan fingerprint density at radius 1 is 0.778 bits per heavy atom. The third-order valence-corrected chi connectivity index (χ3v) is 6.59. The number of rotatable bonds is 5. The highest BCUT2D eigenvalue weighted by molar-refractivity contribution is 7.92. The van der Waals surface area contributed by atoms with Crippen LogP contribution in [0.1, 0.15) is 22.3 Å². The first-order chi connectivity index (χ1) is 16.7.